The molecule has 1 aromatic rings. The van der Waals surface area contributed by atoms with Crippen molar-refractivity contribution in [3.05, 3.63) is 29.3 Å². The van der Waals surface area contributed by atoms with Gasteiger partial charge in [0.15, 0.2) is 0 Å². The third-order valence-corrected chi connectivity index (χ3v) is 3.16. The third kappa shape index (κ3) is 2.99. The van der Waals surface area contributed by atoms with Crippen LogP contribution in [0, 0.1) is 13.8 Å². The quantitative estimate of drug-likeness (QED) is 0.779. The average Bonchev–Trinajstić information content (AvgIpc) is 2.14. The second-order valence-electron chi connectivity index (χ2n) is 4.79. The average molecular weight is 218 g/mol. The first-order valence-electron chi connectivity index (χ1n) is 6.30. The lowest BCUT2D eigenvalue weighted by Gasteiger charge is -2.27. The van der Waals surface area contributed by atoms with E-state index in [4.69, 9.17) is 0 Å². The highest BCUT2D eigenvalue weighted by Gasteiger charge is 2.09. The van der Waals surface area contributed by atoms with Gasteiger partial charge in [0.05, 0.1) is 0 Å². The summed E-state index contributed by atoms with van der Waals surface area (Å²) in [6, 6.07) is 6.84. The molecule has 1 fully saturated rings. The third-order valence-electron chi connectivity index (χ3n) is 3.16. The van der Waals surface area contributed by atoms with E-state index in [-0.39, 0.29) is 0 Å². The summed E-state index contributed by atoms with van der Waals surface area (Å²) in [5, 5.41) is 3.47. The Kier molecular flexibility index (Phi) is 3.83. The smallest absolute Gasteiger partial charge is 0.0371 e. The van der Waals surface area contributed by atoms with Crippen molar-refractivity contribution in [2.45, 2.75) is 26.7 Å². The Hall–Kier alpha value is -1.02. The zero-order chi connectivity index (χ0) is 11.4. The van der Waals surface area contributed by atoms with Crippen molar-refractivity contribution >= 4 is 5.69 Å². The summed E-state index contributed by atoms with van der Waals surface area (Å²) in [5.41, 5.74) is 4.12. The lowest BCUT2D eigenvalue weighted by atomic mass is 10.1. The summed E-state index contributed by atoms with van der Waals surface area (Å²) in [7, 11) is 0. The molecule has 0 atom stereocenters. The molecule has 1 N–H and O–H groups in total. The Morgan fingerprint density at radius 2 is 1.69 bits per heavy atom. The lowest BCUT2D eigenvalue weighted by Crippen LogP contribution is -2.36. The number of hydrogen-bond acceptors (Lipinski definition) is 2. The van der Waals surface area contributed by atoms with E-state index in [1.807, 2.05) is 0 Å². The van der Waals surface area contributed by atoms with Gasteiger partial charge in [-0.2, -0.15) is 0 Å². The fourth-order valence-electron chi connectivity index (χ4n) is 2.39. The highest BCUT2D eigenvalue weighted by Crippen LogP contribution is 2.19. The fraction of sp³-hybridized carbons (Fsp3) is 0.571. The first kappa shape index (κ1) is 11.5. The van der Waals surface area contributed by atoms with Crippen molar-refractivity contribution in [1.29, 1.82) is 0 Å². The second-order valence-corrected chi connectivity index (χ2v) is 4.79. The van der Waals surface area contributed by atoms with E-state index < -0.39 is 0 Å². The Labute approximate surface area is 98.7 Å². The predicted octanol–water partition coefficient (Wildman–Crippen LogP) is 2.49. The van der Waals surface area contributed by atoms with E-state index >= 15 is 0 Å². The largest absolute Gasteiger partial charge is 0.370 e. The molecule has 0 bridgehead atoms. The molecule has 88 valence electrons. The molecule has 16 heavy (non-hydrogen) atoms. The van der Waals surface area contributed by atoms with Crippen LogP contribution in [0.15, 0.2) is 18.2 Å². The molecule has 0 aliphatic carbocycles. The van der Waals surface area contributed by atoms with Gasteiger partial charge < -0.3 is 10.2 Å². The molecule has 0 radical (unpaired) electrons. The molecule has 0 aromatic heterocycles. The van der Waals surface area contributed by atoms with Gasteiger partial charge in [0.1, 0.15) is 0 Å². The van der Waals surface area contributed by atoms with Gasteiger partial charge >= 0.3 is 0 Å². The number of anilines is 1. The van der Waals surface area contributed by atoms with Crippen LogP contribution in [0.3, 0.4) is 0 Å². The highest BCUT2D eigenvalue weighted by atomic mass is 15.1. The number of hydrogen-bond donors (Lipinski definition) is 1. The summed E-state index contributed by atoms with van der Waals surface area (Å²) in [4.78, 5) is 2.51. The van der Waals surface area contributed by atoms with Crippen molar-refractivity contribution in [1.82, 2.24) is 5.32 Å². The van der Waals surface area contributed by atoms with E-state index in [9.17, 15) is 0 Å². The summed E-state index contributed by atoms with van der Waals surface area (Å²) < 4.78 is 0. The maximum absolute atomic E-state index is 3.47. The normalized spacial score (nSPS) is 18.0. The summed E-state index contributed by atoms with van der Waals surface area (Å²) >= 11 is 0. The lowest BCUT2D eigenvalue weighted by molar-refractivity contribution is 0.567. The van der Waals surface area contributed by atoms with Crippen LogP contribution in [0.4, 0.5) is 5.69 Å². The van der Waals surface area contributed by atoms with Crippen molar-refractivity contribution in [3.63, 3.8) is 0 Å². The van der Waals surface area contributed by atoms with Crippen molar-refractivity contribution in [3.8, 4) is 0 Å². The number of nitrogens with zero attached hydrogens (tertiary/aromatic N) is 1. The fourth-order valence-corrected chi connectivity index (χ4v) is 2.39. The number of benzene rings is 1. The maximum Gasteiger partial charge on any atom is 0.0371 e. The Morgan fingerprint density at radius 1 is 0.938 bits per heavy atom. The van der Waals surface area contributed by atoms with Crippen LogP contribution in [0.2, 0.25) is 0 Å². The molecular formula is C14H22N2. The molecule has 1 heterocycles. The molecule has 2 nitrogen and oxygen atoms in total. The Balaban J connectivity index is 2.13. The molecule has 2 heteroatoms. The number of nitrogens with one attached hydrogen (secondary N) is 1. The molecular weight excluding hydrogens is 196 g/mol. The SMILES string of the molecule is Cc1cc(C)cc(N2CCCCNCC2)c1. The van der Waals surface area contributed by atoms with Crippen LogP contribution in [-0.2, 0) is 0 Å². The summed E-state index contributed by atoms with van der Waals surface area (Å²) in [6.45, 7) is 8.97. The van der Waals surface area contributed by atoms with Crippen LogP contribution in [-0.4, -0.2) is 26.2 Å². The van der Waals surface area contributed by atoms with E-state index in [1.165, 1.54) is 42.7 Å². The van der Waals surface area contributed by atoms with E-state index in [0.717, 1.165) is 13.1 Å². The van der Waals surface area contributed by atoms with Crippen LogP contribution in [0.1, 0.15) is 24.0 Å². The molecule has 1 saturated heterocycles. The molecule has 0 spiro atoms. The van der Waals surface area contributed by atoms with Crippen molar-refractivity contribution in [2.24, 2.45) is 0 Å². The van der Waals surface area contributed by atoms with Crippen LogP contribution >= 0.6 is 0 Å². The highest BCUT2D eigenvalue weighted by molar-refractivity contribution is 5.51. The van der Waals surface area contributed by atoms with Gasteiger partial charge in [-0.1, -0.05) is 6.07 Å². The molecule has 0 unspecified atom stereocenters. The van der Waals surface area contributed by atoms with Crippen LogP contribution in [0.5, 0.6) is 0 Å². The van der Waals surface area contributed by atoms with E-state index in [2.05, 4.69) is 42.3 Å². The van der Waals surface area contributed by atoms with Gasteiger partial charge in [0.25, 0.3) is 0 Å². The minimum atomic E-state index is 1.10. The molecule has 0 amide bonds. The van der Waals surface area contributed by atoms with Gasteiger partial charge in [-0.05, 0) is 56.5 Å². The molecule has 1 aliphatic heterocycles. The first-order chi connectivity index (χ1) is 7.75. The Morgan fingerprint density at radius 3 is 2.44 bits per heavy atom. The molecule has 1 aromatic carbocycles. The number of aryl methyl sites for hydroxylation is 2. The van der Waals surface area contributed by atoms with E-state index in [0.29, 0.717) is 0 Å². The van der Waals surface area contributed by atoms with E-state index in [1.54, 1.807) is 0 Å². The maximum atomic E-state index is 3.47. The Bertz CT molecular complexity index is 318. The zero-order valence-corrected chi connectivity index (χ0v) is 10.4. The molecule has 2 rings (SSSR count). The van der Waals surface area contributed by atoms with Crippen LogP contribution < -0.4 is 10.2 Å². The standard InChI is InChI=1S/C14H22N2/c1-12-9-13(2)11-14(10-12)16-7-4-3-5-15-6-8-16/h9-11,15H,3-8H2,1-2H3. The minimum Gasteiger partial charge on any atom is -0.370 e. The van der Waals surface area contributed by atoms with Gasteiger partial charge in [0, 0.05) is 25.3 Å². The summed E-state index contributed by atoms with van der Waals surface area (Å²) in [5.74, 6) is 0. The van der Waals surface area contributed by atoms with Crippen molar-refractivity contribution in [2.75, 3.05) is 31.1 Å². The van der Waals surface area contributed by atoms with Crippen molar-refractivity contribution < 1.29 is 0 Å². The van der Waals surface area contributed by atoms with Gasteiger partial charge in [0.2, 0.25) is 0 Å². The predicted molar refractivity (Wildman–Crippen MR) is 70.2 cm³/mol. The van der Waals surface area contributed by atoms with Gasteiger partial charge in [-0.15, -0.1) is 0 Å². The van der Waals surface area contributed by atoms with Gasteiger partial charge in [-0.25, -0.2) is 0 Å². The van der Waals surface area contributed by atoms with Gasteiger partial charge in [-0.3, -0.25) is 0 Å². The minimum absolute atomic E-state index is 1.10. The monoisotopic (exact) mass is 218 g/mol. The molecule has 0 saturated carbocycles. The topological polar surface area (TPSA) is 15.3 Å². The second kappa shape index (κ2) is 5.35. The zero-order valence-electron chi connectivity index (χ0n) is 10.4. The van der Waals surface area contributed by atoms with Crippen LogP contribution in [0.25, 0.3) is 0 Å². The summed E-state index contributed by atoms with van der Waals surface area (Å²) in [6.07, 6.45) is 2.58. The first-order valence-corrected chi connectivity index (χ1v) is 6.30. The molecule has 1 aliphatic rings. The number of rotatable bonds is 1.